The number of nitriles is 1. The predicted molar refractivity (Wildman–Crippen MR) is 61.4 cm³/mol. The molecule has 0 aliphatic carbocycles. The lowest BCUT2D eigenvalue weighted by Crippen LogP contribution is -2.13. The summed E-state index contributed by atoms with van der Waals surface area (Å²) in [5.41, 5.74) is 6.11. The Morgan fingerprint density at radius 2 is 2.21 bits per heavy atom. The van der Waals surface area contributed by atoms with Crippen LogP contribution in [0.15, 0.2) is 12.1 Å². The van der Waals surface area contributed by atoms with Crippen molar-refractivity contribution >= 4 is 5.97 Å². The molecule has 102 valence electrons. The van der Waals surface area contributed by atoms with Crippen molar-refractivity contribution in [2.75, 3.05) is 7.11 Å². The molecule has 0 spiro atoms. The summed E-state index contributed by atoms with van der Waals surface area (Å²) in [5, 5.41) is 9.05. The summed E-state index contributed by atoms with van der Waals surface area (Å²) in [6, 6.07) is 4.42. The van der Waals surface area contributed by atoms with E-state index in [0.717, 1.165) is 0 Å². The SMILES string of the molecule is COC(=O)Cc1c(CN)ccc(OC(F)F)c1C#N. The predicted octanol–water partition coefficient (Wildman–Crippen LogP) is 1.33. The van der Waals surface area contributed by atoms with Crippen molar-refractivity contribution in [2.24, 2.45) is 5.73 Å². The van der Waals surface area contributed by atoms with Crippen molar-refractivity contribution in [3.8, 4) is 11.8 Å². The number of hydrogen-bond donors (Lipinski definition) is 1. The molecule has 0 bridgehead atoms. The summed E-state index contributed by atoms with van der Waals surface area (Å²) in [6.45, 7) is -2.99. The molecular weight excluding hydrogens is 258 g/mol. The van der Waals surface area contributed by atoms with Gasteiger partial charge in [-0.2, -0.15) is 14.0 Å². The van der Waals surface area contributed by atoms with Crippen LogP contribution >= 0.6 is 0 Å². The third-order valence-electron chi connectivity index (χ3n) is 2.47. The van der Waals surface area contributed by atoms with Crippen molar-refractivity contribution in [1.82, 2.24) is 0 Å². The van der Waals surface area contributed by atoms with E-state index < -0.39 is 12.6 Å². The maximum Gasteiger partial charge on any atom is 0.387 e. The normalized spacial score (nSPS) is 10.1. The third-order valence-corrected chi connectivity index (χ3v) is 2.47. The second-order valence-corrected chi connectivity index (χ2v) is 3.52. The first kappa shape index (κ1) is 14.9. The van der Waals surface area contributed by atoms with Crippen LogP contribution in [0.4, 0.5) is 8.78 Å². The molecule has 5 nitrogen and oxygen atoms in total. The molecule has 0 fully saturated rings. The first-order valence-corrected chi connectivity index (χ1v) is 5.30. The molecule has 1 rings (SSSR count). The van der Waals surface area contributed by atoms with Crippen LogP contribution < -0.4 is 10.5 Å². The summed E-state index contributed by atoms with van der Waals surface area (Å²) in [7, 11) is 1.19. The van der Waals surface area contributed by atoms with Gasteiger partial charge in [0.2, 0.25) is 0 Å². The molecule has 0 unspecified atom stereocenters. The zero-order valence-corrected chi connectivity index (χ0v) is 10.2. The van der Waals surface area contributed by atoms with Gasteiger partial charge >= 0.3 is 12.6 Å². The fourth-order valence-electron chi connectivity index (χ4n) is 1.60. The number of alkyl halides is 2. The van der Waals surface area contributed by atoms with Crippen LogP contribution in [0.5, 0.6) is 5.75 Å². The van der Waals surface area contributed by atoms with Crippen LogP contribution in [-0.2, 0) is 22.5 Å². The Morgan fingerprint density at radius 3 is 2.68 bits per heavy atom. The number of nitrogens with two attached hydrogens (primary N) is 1. The van der Waals surface area contributed by atoms with E-state index >= 15 is 0 Å². The number of methoxy groups -OCH3 is 1. The van der Waals surface area contributed by atoms with E-state index in [1.54, 1.807) is 6.07 Å². The van der Waals surface area contributed by atoms with E-state index in [0.29, 0.717) is 5.56 Å². The molecule has 0 aromatic heterocycles. The Kier molecular flexibility index (Phi) is 5.21. The molecule has 0 heterocycles. The van der Waals surface area contributed by atoms with Crippen molar-refractivity contribution in [3.63, 3.8) is 0 Å². The quantitative estimate of drug-likeness (QED) is 0.816. The number of carbonyl (C=O) groups is 1. The van der Waals surface area contributed by atoms with Crippen molar-refractivity contribution in [3.05, 3.63) is 28.8 Å². The maximum absolute atomic E-state index is 12.2. The minimum atomic E-state index is -3.05. The number of carbonyl (C=O) groups excluding carboxylic acids is 1. The number of rotatable bonds is 5. The summed E-state index contributed by atoms with van der Waals surface area (Å²) in [4.78, 5) is 11.3. The molecule has 19 heavy (non-hydrogen) atoms. The molecule has 1 aromatic rings. The fraction of sp³-hybridized carbons (Fsp3) is 0.333. The summed E-state index contributed by atoms with van der Waals surface area (Å²) in [6.07, 6.45) is -0.230. The van der Waals surface area contributed by atoms with Gasteiger partial charge in [-0.3, -0.25) is 4.79 Å². The molecule has 7 heteroatoms. The number of nitrogens with zero attached hydrogens (tertiary/aromatic N) is 1. The zero-order valence-electron chi connectivity index (χ0n) is 10.2. The number of hydrogen-bond acceptors (Lipinski definition) is 5. The average Bonchev–Trinajstić information content (AvgIpc) is 2.38. The van der Waals surface area contributed by atoms with Gasteiger partial charge in [0.05, 0.1) is 19.1 Å². The fourth-order valence-corrected chi connectivity index (χ4v) is 1.60. The van der Waals surface area contributed by atoms with E-state index in [2.05, 4.69) is 9.47 Å². The molecule has 1 aromatic carbocycles. The lowest BCUT2D eigenvalue weighted by atomic mass is 9.98. The Morgan fingerprint density at radius 1 is 1.53 bits per heavy atom. The largest absolute Gasteiger partial charge is 0.469 e. The van der Waals surface area contributed by atoms with Gasteiger partial charge in [0.15, 0.2) is 0 Å². The summed E-state index contributed by atoms with van der Waals surface area (Å²) in [5.74, 6) is -0.881. The lowest BCUT2D eigenvalue weighted by Gasteiger charge is -2.13. The first-order valence-electron chi connectivity index (χ1n) is 5.30. The van der Waals surface area contributed by atoms with E-state index in [9.17, 15) is 13.6 Å². The topological polar surface area (TPSA) is 85.3 Å². The highest BCUT2D eigenvalue weighted by molar-refractivity contribution is 5.75. The van der Waals surface area contributed by atoms with E-state index in [4.69, 9.17) is 11.0 Å². The second kappa shape index (κ2) is 6.66. The molecule has 0 radical (unpaired) electrons. The van der Waals surface area contributed by atoms with Gasteiger partial charge in [0.25, 0.3) is 0 Å². The Labute approximate surface area is 108 Å². The van der Waals surface area contributed by atoms with Gasteiger partial charge in [0.1, 0.15) is 11.8 Å². The molecule has 0 aliphatic heterocycles. The van der Waals surface area contributed by atoms with Crippen LogP contribution in [0.2, 0.25) is 0 Å². The van der Waals surface area contributed by atoms with Gasteiger partial charge in [-0.05, 0) is 17.2 Å². The van der Waals surface area contributed by atoms with E-state index in [1.165, 1.54) is 19.2 Å². The van der Waals surface area contributed by atoms with Gasteiger partial charge in [-0.25, -0.2) is 0 Å². The number of benzene rings is 1. The molecule has 0 atom stereocenters. The number of esters is 1. The van der Waals surface area contributed by atoms with Crippen LogP contribution in [0, 0.1) is 11.3 Å². The van der Waals surface area contributed by atoms with E-state index in [1.807, 2.05) is 0 Å². The number of halogens is 2. The summed E-state index contributed by atoms with van der Waals surface area (Å²) < 4.78 is 33.2. The van der Waals surface area contributed by atoms with Crippen LogP contribution in [0.1, 0.15) is 16.7 Å². The highest BCUT2D eigenvalue weighted by atomic mass is 19.3. The molecular formula is C12H12F2N2O3. The highest BCUT2D eigenvalue weighted by Gasteiger charge is 2.18. The minimum absolute atomic E-state index is 0.0654. The molecule has 0 amide bonds. The maximum atomic E-state index is 12.2. The van der Waals surface area contributed by atoms with Crippen molar-refractivity contribution in [2.45, 2.75) is 19.6 Å². The van der Waals surface area contributed by atoms with Gasteiger partial charge in [-0.15, -0.1) is 0 Å². The lowest BCUT2D eigenvalue weighted by molar-refractivity contribution is -0.139. The standard InChI is InChI=1S/C12H12F2N2O3/c1-18-11(17)4-8-7(5-15)2-3-10(9(8)6-16)19-12(13)14/h2-3,12H,4-5,15H2,1H3. The van der Waals surface area contributed by atoms with Crippen LogP contribution in [0.3, 0.4) is 0 Å². The zero-order chi connectivity index (χ0) is 14.4. The average molecular weight is 270 g/mol. The molecule has 0 aliphatic rings. The first-order chi connectivity index (χ1) is 9.03. The van der Waals surface area contributed by atoms with Crippen molar-refractivity contribution < 1.29 is 23.0 Å². The van der Waals surface area contributed by atoms with Crippen molar-refractivity contribution in [1.29, 1.82) is 5.26 Å². The van der Waals surface area contributed by atoms with Crippen LogP contribution in [0.25, 0.3) is 0 Å². The summed E-state index contributed by atoms with van der Waals surface area (Å²) >= 11 is 0. The van der Waals surface area contributed by atoms with Gasteiger partial charge < -0.3 is 15.2 Å². The Bertz CT molecular complexity index is 512. The Hall–Kier alpha value is -2.20. The van der Waals surface area contributed by atoms with Gasteiger partial charge in [-0.1, -0.05) is 6.07 Å². The van der Waals surface area contributed by atoms with E-state index in [-0.39, 0.29) is 29.8 Å². The van der Waals surface area contributed by atoms with Crippen LogP contribution in [-0.4, -0.2) is 19.7 Å². The highest BCUT2D eigenvalue weighted by Crippen LogP contribution is 2.27. The molecule has 0 saturated carbocycles. The number of ether oxygens (including phenoxy) is 2. The monoisotopic (exact) mass is 270 g/mol. The minimum Gasteiger partial charge on any atom is -0.469 e. The third kappa shape index (κ3) is 3.63. The molecule has 0 saturated heterocycles. The molecule has 2 N–H and O–H groups in total. The second-order valence-electron chi connectivity index (χ2n) is 3.52. The smallest absolute Gasteiger partial charge is 0.387 e. The Balaban J connectivity index is 3.29. The van der Waals surface area contributed by atoms with Gasteiger partial charge in [0, 0.05) is 6.54 Å².